The van der Waals surface area contributed by atoms with Crippen molar-refractivity contribution >= 4 is 23.2 Å². The van der Waals surface area contributed by atoms with Crippen molar-refractivity contribution in [1.82, 2.24) is 14.8 Å². The normalized spacial score (nSPS) is 23.7. The molecule has 1 atom stereocenters. The van der Waals surface area contributed by atoms with Crippen molar-refractivity contribution in [2.45, 2.75) is 56.7 Å². The van der Waals surface area contributed by atoms with E-state index in [4.69, 9.17) is 11.6 Å². The fourth-order valence-corrected chi connectivity index (χ4v) is 3.30. The molecule has 1 N–H and O–H groups in total. The van der Waals surface area contributed by atoms with E-state index < -0.39 is 47.7 Å². The van der Waals surface area contributed by atoms with Crippen LogP contribution < -0.4 is 0 Å². The molecule has 1 aromatic rings. The molecule has 2 heterocycles. The largest absolute Gasteiger partial charge is 0.438 e. The average Bonchev–Trinajstić information content (AvgIpc) is 3.19. The third kappa shape index (κ3) is 3.40. The van der Waals surface area contributed by atoms with Gasteiger partial charge in [0.1, 0.15) is 6.54 Å². The van der Waals surface area contributed by atoms with Crippen molar-refractivity contribution in [2.75, 3.05) is 0 Å². The molecular formula is C14H13ClF6N4O2. The molecule has 2 aliphatic rings. The van der Waals surface area contributed by atoms with Crippen LogP contribution >= 0.6 is 11.6 Å². The highest BCUT2D eigenvalue weighted by Gasteiger charge is 2.62. The van der Waals surface area contributed by atoms with E-state index in [0.717, 1.165) is 0 Å². The molecule has 1 aliphatic heterocycles. The molecular weight excluding hydrogens is 406 g/mol. The highest BCUT2D eigenvalue weighted by molar-refractivity contribution is 6.32. The Morgan fingerprint density at radius 2 is 1.89 bits per heavy atom. The quantitative estimate of drug-likeness (QED) is 0.766. The van der Waals surface area contributed by atoms with Gasteiger partial charge in [0, 0.05) is 18.1 Å². The van der Waals surface area contributed by atoms with Gasteiger partial charge in [-0.25, -0.2) is 0 Å². The van der Waals surface area contributed by atoms with Crippen molar-refractivity contribution in [3.63, 3.8) is 0 Å². The molecule has 1 aromatic heterocycles. The first-order valence-electron chi connectivity index (χ1n) is 7.75. The summed E-state index contributed by atoms with van der Waals surface area (Å²) in [6.07, 6.45) is -10.0. The zero-order valence-corrected chi connectivity index (χ0v) is 14.5. The van der Waals surface area contributed by atoms with E-state index in [1.165, 1.54) is 6.92 Å². The summed E-state index contributed by atoms with van der Waals surface area (Å²) in [5.41, 5.74) is -5.18. The Labute approximate surface area is 153 Å². The van der Waals surface area contributed by atoms with Gasteiger partial charge in [0.15, 0.2) is 5.69 Å². The number of carbonyl (C=O) groups is 1. The summed E-state index contributed by atoms with van der Waals surface area (Å²) in [7, 11) is 0. The van der Waals surface area contributed by atoms with Crippen LogP contribution in [0.5, 0.6) is 0 Å². The van der Waals surface area contributed by atoms with Gasteiger partial charge in [-0.3, -0.25) is 9.48 Å². The number of nitrogens with zero attached hydrogens (tertiary/aromatic N) is 4. The van der Waals surface area contributed by atoms with Crippen LogP contribution in [0.4, 0.5) is 26.3 Å². The van der Waals surface area contributed by atoms with Crippen LogP contribution in [-0.2, 0) is 17.5 Å². The van der Waals surface area contributed by atoms with Gasteiger partial charge in [-0.2, -0.15) is 41.6 Å². The Morgan fingerprint density at radius 3 is 2.37 bits per heavy atom. The van der Waals surface area contributed by atoms with Crippen molar-refractivity contribution in [3.05, 3.63) is 16.4 Å². The number of hydrogen-bond donors (Lipinski definition) is 1. The van der Waals surface area contributed by atoms with E-state index in [2.05, 4.69) is 10.2 Å². The molecule has 0 saturated heterocycles. The van der Waals surface area contributed by atoms with E-state index in [9.17, 15) is 36.2 Å². The van der Waals surface area contributed by atoms with Gasteiger partial charge in [-0.15, -0.1) is 0 Å². The third-order valence-electron chi connectivity index (χ3n) is 4.26. The second kappa shape index (κ2) is 6.09. The van der Waals surface area contributed by atoms with E-state index >= 15 is 0 Å². The molecule has 1 saturated carbocycles. The summed E-state index contributed by atoms with van der Waals surface area (Å²) in [6, 6.07) is 0. The molecule has 3 rings (SSSR count). The zero-order valence-electron chi connectivity index (χ0n) is 13.7. The van der Waals surface area contributed by atoms with Crippen molar-refractivity contribution in [2.24, 2.45) is 5.10 Å². The first-order valence-corrected chi connectivity index (χ1v) is 8.13. The summed E-state index contributed by atoms with van der Waals surface area (Å²) in [5.74, 6) is -1.72. The summed E-state index contributed by atoms with van der Waals surface area (Å²) in [6.45, 7) is 0.211. The maximum atomic E-state index is 13.2. The van der Waals surface area contributed by atoms with Crippen LogP contribution in [0.1, 0.15) is 43.5 Å². The zero-order chi connectivity index (χ0) is 20.4. The Kier molecular flexibility index (Phi) is 4.50. The number of rotatable bonds is 3. The van der Waals surface area contributed by atoms with E-state index in [0.29, 0.717) is 17.5 Å². The summed E-state index contributed by atoms with van der Waals surface area (Å²) >= 11 is 5.76. The first kappa shape index (κ1) is 19.9. The molecule has 27 heavy (non-hydrogen) atoms. The van der Waals surface area contributed by atoms with Crippen LogP contribution in [0.15, 0.2) is 5.10 Å². The number of amides is 1. The fraction of sp³-hybridized carbons (Fsp3) is 0.643. The number of aliphatic hydroxyl groups is 1. The van der Waals surface area contributed by atoms with Crippen molar-refractivity contribution in [1.29, 1.82) is 0 Å². The first-order chi connectivity index (χ1) is 12.3. The molecule has 6 nitrogen and oxygen atoms in total. The highest BCUT2D eigenvalue weighted by atomic mass is 35.5. The number of aromatic nitrogens is 2. The summed E-state index contributed by atoms with van der Waals surface area (Å²) in [4.78, 5) is 12.4. The van der Waals surface area contributed by atoms with Crippen LogP contribution in [-0.4, -0.2) is 43.4 Å². The summed E-state index contributed by atoms with van der Waals surface area (Å²) < 4.78 is 79.3. The van der Waals surface area contributed by atoms with Crippen LogP contribution in [0.2, 0.25) is 5.02 Å². The van der Waals surface area contributed by atoms with Gasteiger partial charge in [0.2, 0.25) is 0 Å². The molecule has 13 heteroatoms. The molecule has 0 radical (unpaired) electrons. The number of carbonyl (C=O) groups excluding carboxylic acids is 1. The minimum Gasteiger partial charge on any atom is -0.362 e. The third-order valence-corrected chi connectivity index (χ3v) is 4.64. The monoisotopic (exact) mass is 418 g/mol. The second-order valence-electron chi connectivity index (χ2n) is 6.51. The van der Waals surface area contributed by atoms with Crippen molar-refractivity contribution < 1.29 is 36.2 Å². The number of alkyl halides is 6. The molecule has 1 unspecified atom stereocenters. The highest BCUT2D eigenvalue weighted by Crippen LogP contribution is 2.47. The maximum Gasteiger partial charge on any atom is 0.438 e. The van der Waals surface area contributed by atoms with Gasteiger partial charge in [-0.05, 0) is 19.8 Å². The molecule has 1 fully saturated rings. The van der Waals surface area contributed by atoms with Gasteiger partial charge >= 0.3 is 12.4 Å². The fourth-order valence-electron chi connectivity index (χ4n) is 2.90. The Balaban J connectivity index is 1.95. The van der Waals surface area contributed by atoms with Crippen LogP contribution in [0.25, 0.3) is 0 Å². The summed E-state index contributed by atoms with van der Waals surface area (Å²) in [5, 5.41) is 15.8. The molecule has 150 valence electrons. The van der Waals surface area contributed by atoms with Gasteiger partial charge in [-0.1, -0.05) is 11.6 Å². The number of halogens is 7. The molecule has 1 amide bonds. The average molecular weight is 419 g/mol. The molecule has 0 aromatic carbocycles. The van der Waals surface area contributed by atoms with Crippen LogP contribution in [0, 0.1) is 0 Å². The molecule has 0 spiro atoms. The maximum absolute atomic E-state index is 13.2. The lowest BCUT2D eigenvalue weighted by molar-refractivity contribution is -0.302. The lowest BCUT2D eigenvalue weighted by Gasteiger charge is -2.32. The van der Waals surface area contributed by atoms with Gasteiger partial charge < -0.3 is 5.11 Å². The Bertz CT molecular complexity index is 814. The topological polar surface area (TPSA) is 70.7 Å². The van der Waals surface area contributed by atoms with Gasteiger partial charge in [0.05, 0.1) is 10.7 Å². The SMILES string of the molecule is CC1=NN(C(=O)Cn2nc(C(F)(F)F)c(Cl)c2C2CC2)C(O)(C(F)(F)F)C1. The van der Waals surface area contributed by atoms with E-state index in [1.807, 2.05) is 0 Å². The molecule has 1 aliphatic carbocycles. The van der Waals surface area contributed by atoms with Crippen LogP contribution in [0.3, 0.4) is 0 Å². The standard InChI is InChI=1S/C14H13ClF6N4O2/c1-6-4-12(27,14(19,20)21)25(22-6)8(26)5-24-10(7-2-3-7)9(15)11(23-24)13(16,17)18/h7,27H,2-5H2,1H3. The van der Waals surface area contributed by atoms with E-state index in [1.54, 1.807) is 0 Å². The number of hydrogen-bond acceptors (Lipinski definition) is 4. The Hall–Kier alpha value is -1.82. The minimum absolute atomic E-state index is 0.0622. The Morgan fingerprint density at radius 1 is 1.30 bits per heavy atom. The number of hydrazone groups is 1. The minimum atomic E-state index is -5.21. The van der Waals surface area contributed by atoms with E-state index in [-0.39, 0.29) is 22.3 Å². The predicted octanol–water partition coefficient (Wildman–Crippen LogP) is 3.29. The lowest BCUT2D eigenvalue weighted by atomic mass is 10.1. The second-order valence-corrected chi connectivity index (χ2v) is 6.89. The van der Waals surface area contributed by atoms with Gasteiger partial charge in [0.25, 0.3) is 11.6 Å². The lowest BCUT2D eigenvalue weighted by Crippen LogP contribution is -2.57. The molecule has 0 bridgehead atoms. The van der Waals surface area contributed by atoms with Crippen molar-refractivity contribution in [3.8, 4) is 0 Å². The smallest absolute Gasteiger partial charge is 0.362 e. The predicted molar refractivity (Wildman–Crippen MR) is 79.8 cm³/mol.